The van der Waals surface area contributed by atoms with Crippen molar-refractivity contribution in [3.8, 4) is 11.1 Å². The largest absolute Gasteiger partial charge is 0.481 e. The highest BCUT2D eigenvalue weighted by Crippen LogP contribution is 2.36. The van der Waals surface area contributed by atoms with Crippen LogP contribution in [0.2, 0.25) is 0 Å². The molecule has 2 amide bonds. The number of thiazole rings is 1. The van der Waals surface area contributed by atoms with Crippen LogP contribution in [0.3, 0.4) is 0 Å². The molecule has 1 aliphatic rings. The molecule has 3 heterocycles. The van der Waals surface area contributed by atoms with E-state index in [9.17, 15) is 19.5 Å². The number of aldehydes is 1. The number of carboxylic acids is 1. The molecule has 0 radical (unpaired) electrons. The number of aromatic nitrogens is 3. The highest BCUT2D eigenvalue weighted by Gasteiger charge is 2.40. The van der Waals surface area contributed by atoms with Crippen LogP contribution in [-0.4, -0.2) is 58.0 Å². The van der Waals surface area contributed by atoms with Gasteiger partial charge in [-0.3, -0.25) is 14.9 Å². The second-order valence-corrected chi connectivity index (χ2v) is 9.23. The first-order valence-corrected chi connectivity index (χ1v) is 12.0. The van der Waals surface area contributed by atoms with Crippen molar-refractivity contribution in [2.75, 3.05) is 29.9 Å². The summed E-state index contributed by atoms with van der Waals surface area (Å²) in [7, 11) is 0. The molecule has 34 heavy (non-hydrogen) atoms. The van der Waals surface area contributed by atoms with Crippen molar-refractivity contribution in [3.63, 3.8) is 0 Å². The third-order valence-corrected chi connectivity index (χ3v) is 7.34. The zero-order valence-corrected chi connectivity index (χ0v) is 19.8. The number of rotatable bonds is 7. The molecule has 1 fully saturated rings. The fourth-order valence-corrected chi connectivity index (χ4v) is 5.07. The topological polar surface area (TPSA) is 137 Å². The van der Waals surface area contributed by atoms with Gasteiger partial charge in [0, 0.05) is 43.2 Å². The first kappa shape index (κ1) is 23.6. The van der Waals surface area contributed by atoms with Gasteiger partial charge in [0.1, 0.15) is 0 Å². The molecule has 1 saturated heterocycles. The van der Waals surface area contributed by atoms with Crippen LogP contribution in [0.5, 0.6) is 0 Å². The summed E-state index contributed by atoms with van der Waals surface area (Å²) >= 11 is 1.24. The van der Waals surface area contributed by atoms with Crippen molar-refractivity contribution in [3.05, 3.63) is 30.1 Å². The monoisotopic (exact) mass is 482 g/mol. The van der Waals surface area contributed by atoms with E-state index in [0.717, 1.165) is 17.4 Å². The lowest BCUT2D eigenvalue weighted by Crippen LogP contribution is -2.44. The lowest BCUT2D eigenvalue weighted by Gasteiger charge is -2.38. The van der Waals surface area contributed by atoms with Gasteiger partial charge in [-0.1, -0.05) is 18.3 Å². The molecule has 4 rings (SSSR count). The van der Waals surface area contributed by atoms with Crippen LogP contribution in [0, 0.1) is 5.41 Å². The maximum absolute atomic E-state index is 11.8. The molecule has 3 aromatic rings. The van der Waals surface area contributed by atoms with Gasteiger partial charge in [-0.05, 0) is 43.9 Å². The van der Waals surface area contributed by atoms with Crippen molar-refractivity contribution in [2.45, 2.75) is 33.1 Å². The number of piperidine rings is 1. The summed E-state index contributed by atoms with van der Waals surface area (Å²) in [4.78, 5) is 50.6. The second kappa shape index (κ2) is 9.72. The fourth-order valence-electron chi connectivity index (χ4n) is 4.16. The van der Waals surface area contributed by atoms with Gasteiger partial charge in [-0.25, -0.2) is 19.7 Å². The second-order valence-electron chi connectivity index (χ2n) is 8.23. The smallest absolute Gasteiger partial charge is 0.321 e. The van der Waals surface area contributed by atoms with E-state index in [4.69, 9.17) is 0 Å². The average molecular weight is 483 g/mol. The maximum Gasteiger partial charge on any atom is 0.321 e. The summed E-state index contributed by atoms with van der Waals surface area (Å²) in [6, 6.07) is 3.24. The number of amides is 2. The number of carboxylic acid groups (broad SMARTS) is 1. The van der Waals surface area contributed by atoms with Crippen molar-refractivity contribution >= 4 is 50.9 Å². The van der Waals surface area contributed by atoms with Crippen molar-refractivity contribution < 1.29 is 19.5 Å². The number of urea groups is 1. The zero-order chi connectivity index (χ0) is 24.3. The van der Waals surface area contributed by atoms with Crippen LogP contribution in [0.15, 0.2) is 24.5 Å². The molecule has 0 bridgehead atoms. The van der Waals surface area contributed by atoms with Crippen LogP contribution in [0.1, 0.15) is 43.5 Å². The fraction of sp³-hybridized carbons (Fsp3) is 0.391. The Kier molecular flexibility index (Phi) is 6.73. The van der Waals surface area contributed by atoms with Gasteiger partial charge in [0.05, 0.1) is 15.6 Å². The van der Waals surface area contributed by atoms with Crippen molar-refractivity contribution in [1.29, 1.82) is 0 Å². The normalized spacial score (nSPS) is 15.2. The predicted molar refractivity (Wildman–Crippen MR) is 131 cm³/mol. The van der Waals surface area contributed by atoms with Crippen LogP contribution >= 0.6 is 11.3 Å². The number of hydrogen-bond acceptors (Lipinski definition) is 8. The molecular formula is C23H26N6O4S. The van der Waals surface area contributed by atoms with Gasteiger partial charge in [0.15, 0.2) is 11.4 Å². The van der Waals surface area contributed by atoms with Gasteiger partial charge in [0.25, 0.3) is 0 Å². The Bertz CT molecular complexity index is 1220. The van der Waals surface area contributed by atoms with E-state index in [1.54, 1.807) is 18.5 Å². The minimum absolute atomic E-state index is 0.351. The number of anilines is 2. The molecule has 0 unspecified atom stereocenters. The molecular weight excluding hydrogens is 456 g/mol. The average Bonchev–Trinajstić information content (AvgIpc) is 3.25. The molecule has 11 heteroatoms. The molecule has 0 atom stereocenters. The summed E-state index contributed by atoms with van der Waals surface area (Å²) in [6.45, 7) is 5.40. The van der Waals surface area contributed by atoms with Crippen LogP contribution in [0.4, 0.5) is 15.9 Å². The molecule has 1 aromatic carbocycles. The molecule has 2 aromatic heterocycles. The summed E-state index contributed by atoms with van der Waals surface area (Å²) in [6.07, 6.45) is 5.87. The highest BCUT2D eigenvalue weighted by atomic mass is 32.1. The Balaban J connectivity index is 1.55. The van der Waals surface area contributed by atoms with E-state index in [-0.39, 0.29) is 6.03 Å². The Morgan fingerprint density at radius 3 is 2.47 bits per heavy atom. The summed E-state index contributed by atoms with van der Waals surface area (Å²) < 4.78 is 0.689. The number of hydrogen-bond donors (Lipinski definition) is 3. The third kappa shape index (κ3) is 4.56. The van der Waals surface area contributed by atoms with Gasteiger partial charge < -0.3 is 15.3 Å². The first-order valence-electron chi connectivity index (χ1n) is 11.1. The Morgan fingerprint density at radius 1 is 1.18 bits per heavy atom. The van der Waals surface area contributed by atoms with Crippen LogP contribution < -0.4 is 15.5 Å². The van der Waals surface area contributed by atoms with E-state index < -0.39 is 11.4 Å². The standard InChI is InChI=1S/C23H26N6O4S/c1-3-23(19(31)32)5-7-29(8-6-23)20-25-11-16(12-26-20)14-9-15(13-30)18-17(10-14)27-22(34-18)28-21(33)24-4-2/h9-13H,3-8H2,1-2H3,(H,31,32)(H2,24,27,28,33). The SMILES string of the molecule is CCNC(=O)Nc1nc2cc(-c3cnc(N4CCC(CC)(C(=O)O)CC4)nc3)cc(C=O)c2s1. The van der Waals surface area contributed by atoms with Gasteiger partial charge in [-0.2, -0.15) is 0 Å². The Morgan fingerprint density at radius 2 is 1.88 bits per heavy atom. The number of fused-ring (bicyclic) bond motifs is 1. The zero-order valence-electron chi connectivity index (χ0n) is 19.0. The molecule has 10 nitrogen and oxygen atoms in total. The maximum atomic E-state index is 11.8. The number of benzene rings is 1. The molecule has 3 N–H and O–H groups in total. The van der Waals surface area contributed by atoms with Gasteiger partial charge in [0.2, 0.25) is 5.95 Å². The molecule has 0 saturated carbocycles. The number of nitrogens with one attached hydrogen (secondary N) is 2. The van der Waals surface area contributed by atoms with E-state index in [1.165, 1.54) is 11.3 Å². The van der Waals surface area contributed by atoms with Gasteiger partial charge >= 0.3 is 12.0 Å². The number of aliphatic carboxylic acids is 1. The van der Waals surface area contributed by atoms with E-state index in [2.05, 4.69) is 25.6 Å². The summed E-state index contributed by atoms with van der Waals surface area (Å²) in [5, 5.41) is 15.3. The molecule has 178 valence electrons. The number of carbonyl (C=O) groups is 3. The van der Waals surface area contributed by atoms with E-state index in [1.807, 2.05) is 24.8 Å². The molecule has 0 spiro atoms. The predicted octanol–water partition coefficient (Wildman–Crippen LogP) is 3.79. The minimum atomic E-state index is -0.737. The van der Waals surface area contributed by atoms with E-state index >= 15 is 0 Å². The third-order valence-electron chi connectivity index (χ3n) is 6.31. The molecule has 0 aliphatic carbocycles. The number of nitrogens with zero attached hydrogens (tertiary/aromatic N) is 4. The quantitative estimate of drug-likeness (QED) is 0.433. The minimum Gasteiger partial charge on any atom is -0.481 e. The molecule has 1 aliphatic heterocycles. The van der Waals surface area contributed by atoms with Crippen molar-refractivity contribution in [1.82, 2.24) is 20.3 Å². The van der Waals surface area contributed by atoms with Crippen LogP contribution in [0.25, 0.3) is 21.3 Å². The first-order chi connectivity index (χ1) is 16.4. The summed E-state index contributed by atoms with van der Waals surface area (Å²) in [5.41, 5.74) is 1.87. The summed E-state index contributed by atoms with van der Waals surface area (Å²) in [5.74, 6) is -0.184. The Hall–Kier alpha value is -3.60. The highest BCUT2D eigenvalue weighted by molar-refractivity contribution is 7.22. The Labute approximate surface area is 200 Å². The van der Waals surface area contributed by atoms with E-state index in [0.29, 0.717) is 65.8 Å². The lowest BCUT2D eigenvalue weighted by molar-refractivity contribution is -0.150. The van der Waals surface area contributed by atoms with Crippen molar-refractivity contribution in [2.24, 2.45) is 5.41 Å². The van der Waals surface area contributed by atoms with Gasteiger partial charge in [-0.15, -0.1) is 0 Å². The number of carbonyl (C=O) groups excluding carboxylic acids is 2. The van der Waals surface area contributed by atoms with Crippen LogP contribution in [-0.2, 0) is 4.79 Å². The lowest BCUT2D eigenvalue weighted by atomic mass is 9.76.